The molecular formula is C16H21BrN2O3. The summed E-state index contributed by atoms with van der Waals surface area (Å²) in [7, 11) is 0. The quantitative estimate of drug-likeness (QED) is 0.887. The number of halogens is 1. The van der Waals surface area contributed by atoms with Gasteiger partial charge in [-0.25, -0.2) is 0 Å². The molecule has 2 aliphatic rings. The van der Waals surface area contributed by atoms with Gasteiger partial charge in [-0.15, -0.1) is 0 Å². The lowest BCUT2D eigenvalue weighted by Gasteiger charge is -2.37. The van der Waals surface area contributed by atoms with E-state index in [4.69, 9.17) is 9.47 Å². The van der Waals surface area contributed by atoms with E-state index in [1.54, 1.807) is 0 Å². The topological polar surface area (TPSA) is 50.8 Å². The molecule has 0 atom stereocenters. The summed E-state index contributed by atoms with van der Waals surface area (Å²) in [4.78, 5) is 14.2. The lowest BCUT2D eigenvalue weighted by molar-refractivity contribution is -0.187. The first-order valence-electron chi connectivity index (χ1n) is 7.73. The molecule has 2 fully saturated rings. The van der Waals surface area contributed by atoms with Crippen molar-refractivity contribution in [2.75, 3.05) is 38.2 Å². The van der Waals surface area contributed by atoms with Gasteiger partial charge in [0, 0.05) is 49.1 Å². The summed E-state index contributed by atoms with van der Waals surface area (Å²) in [6.07, 6.45) is 2.04. The highest BCUT2D eigenvalue weighted by atomic mass is 79.9. The number of carbonyl (C=O) groups excluding carboxylic acids is 1. The van der Waals surface area contributed by atoms with Crippen molar-refractivity contribution >= 4 is 27.5 Å². The second-order valence-electron chi connectivity index (χ2n) is 5.65. The van der Waals surface area contributed by atoms with Crippen LogP contribution in [0.1, 0.15) is 19.3 Å². The Kier molecular flexibility index (Phi) is 5.00. The normalized spacial score (nSPS) is 20.3. The van der Waals surface area contributed by atoms with Gasteiger partial charge in [0.15, 0.2) is 5.79 Å². The summed E-state index contributed by atoms with van der Waals surface area (Å²) in [5.41, 5.74) is 1.01. The van der Waals surface area contributed by atoms with Crippen molar-refractivity contribution in [3.63, 3.8) is 0 Å². The third-order valence-electron chi connectivity index (χ3n) is 4.22. The number of benzene rings is 1. The van der Waals surface area contributed by atoms with Crippen molar-refractivity contribution in [1.82, 2.24) is 4.90 Å². The second-order valence-corrected chi connectivity index (χ2v) is 6.50. The number of anilines is 1. The van der Waals surface area contributed by atoms with E-state index in [0.29, 0.717) is 39.3 Å². The summed E-state index contributed by atoms with van der Waals surface area (Å²) in [5.74, 6) is -0.225. The Balaban J connectivity index is 1.42. The predicted molar refractivity (Wildman–Crippen MR) is 87.7 cm³/mol. The maximum absolute atomic E-state index is 12.3. The average Bonchev–Trinajstić information content (AvgIpc) is 2.98. The fourth-order valence-electron chi connectivity index (χ4n) is 2.95. The highest BCUT2D eigenvalue weighted by Crippen LogP contribution is 2.31. The zero-order valence-electron chi connectivity index (χ0n) is 12.5. The zero-order chi connectivity index (χ0) is 15.4. The van der Waals surface area contributed by atoms with Gasteiger partial charge in [0.05, 0.1) is 13.2 Å². The molecule has 2 saturated heterocycles. The largest absolute Gasteiger partial charge is 0.384 e. The van der Waals surface area contributed by atoms with E-state index < -0.39 is 5.79 Å². The van der Waals surface area contributed by atoms with Crippen molar-refractivity contribution in [3.05, 3.63) is 28.7 Å². The molecular weight excluding hydrogens is 348 g/mol. The van der Waals surface area contributed by atoms with E-state index in [0.717, 1.165) is 23.0 Å². The van der Waals surface area contributed by atoms with E-state index in [-0.39, 0.29) is 5.91 Å². The first-order chi connectivity index (χ1) is 10.7. The molecule has 0 aliphatic carbocycles. The Morgan fingerprint density at radius 1 is 1.23 bits per heavy atom. The molecule has 1 amide bonds. The molecule has 1 aromatic rings. The lowest BCUT2D eigenvalue weighted by atomic mass is 10.0. The monoisotopic (exact) mass is 368 g/mol. The Morgan fingerprint density at radius 3 is 2.59 bits per heavy atom. The molecule has 2 heterocycles. The van der Waals surface area contributed by atoms with Crippen LogP contribution in [-0.4, -0.2) is 49.4 Å². The summed E-state index contributed by atoms with van der Waals surface area (Å²) >= 11 is 3.49. The highest BCUT2D eigenvalue weighted by Gasteiger charge is 2.40. The van der Waals surface area contributed by atoms with Gasteiger partial charge in [0.25, 0.3) is 0 Å². The molecule has 1 aromatic carbocycles. The number of nitrogens with zero attached hydrogens (tertiary/aromatic N) is 1. The van der Waals surface area contributed by atoms with Crippen molar-refractivity contribution < 1.29 is 14.3 Å². The molecule has 1 spiro atoms. The van der Waals surface area contributed by atoms with Crippen LogP contribution in [0.2, 0.25) is 0 Å². The third-order valence-corrected chi connectivity index (χ3v) is 4.91. The number of likely N-dealkylation sites (tertiary alicyclic amines) is 1. The molecule has 22 heavy (non-hydrogen) atoms. The number of rotatable bonds is 4. The van der Waals surface area contributed by atoms with E-state index in [9.17, 15) is 4.79 Å². The maximum Gasteiger partial charge on any atom is 0.224 e. The summed E-state index contributed by atoms with van der Waals surface area (Å²) in [6, 6.07) is 7.92. The van der Waals surface area contributed by atoms with Gasteiger partial charge in [-0.2, -0.15) is 0 Å². The molecule has 0 unspecified atom stereocenters. The Morgan fingerprint density at radius 2 is 1.91 bits per heavy atom. The van der Waals surface area contributed by atoms with E-state index in [1.165, 1.54) is 0 Å². The molecule has 5 nitrogen and oxygen atoms in total. The van der Waals surface area contributed by atoms with Gasteiger partial charge in [-0.3, -0.25) is 4.79 Å². The van der Waals surface area contributed by atoms with Crippen molar-refractivity contribution in [3.8, 4) is 0 Å². The number of ether oxygens (including phenoxy) is 2. The molecule has 0 bridgehead atoms. The first-order valence-corrected chi connectivity index (χ1v) is 8.52. The third kappa shape index (κ3) is 3.62. The van der Waals surface area contributed by atoms with Crippen LogP contribution in [-0.2, 0) is 14.3 Å². The zero-order valence-corrected chi connectivity index (χ0v) is 14.1. The lowest BCUT2D eigenvalue weighted by Crippen LogP contribution is -2.47. The van der Waals surface area contributed by atoms with Crippen molar-refractivity contribution in [1.29, 1.82) is 0 Å². The Labute approximate surface area is 139 Å². The SMILES string of the molecule is O=C(CCNc1ccccc1Br)N1CCC2(CC1)OCCO2. The average molecular weight is 369 g/mol. The van der Waals surface area contributed by atoms with Gasteiger partial charge >= 0.3 is 0 Å². The second kappa shape index (κ2) is 6.98. The fraction of sp³-hybridized carbons (Fsp3) is 0.562. The van der Waals surface area contributed by atoms with Crippen molar-refractivity contribution in [2.45, 2.75) is 25.0 Å². The molecule has 0 saturated carbocycles. The highest BCUT2D eigenvalue weighted by molar-refractivity contribution is 9.10. The molecule has 3 rings (SSSR count). The number of nitrogens with one attached hydrogen (secondary N) is 1. The standard InChI is InChI=1S/C16H21BrN2O3/c17-13-3-1-2-4-14(13)18-8-5-15(20)19-9-6-16(7-10-19)21-11-12-22-16/h1-4,18H,5-12H2. The van der Waals surface area contributed by atoms with Gasteiger partial charge in [0.1, 0.15) is 0 Å². The van der Waals surface area contributed by atoms with Crippen LogP contribution in [0.15, 0.2) is 28.7 Å². The summed E-state index contributed by atoms with van der Waals surface area (Å²) in [6.45, 7) is 3.41. The van der Waals surface area contributed by atoms with Gasteiger partial charge in [0.2, 0.25) is 5.91 Å². The number of hydrogen-bond acceptors (Lipinski definition) is 4. The van der Waals surface area contributed by atoms with Crippen molar-refractivity contribution in [2.24, 2.45) is 0 Å². The minimum atomic E-state index is -0.413. The van der Waals surface area contributed by atoms with Gasteiger partial charge < -0.3 is 19.7 Å². The van der Waals surface area contributed by atoms with Crippen LogP contribution >= 0.6 is 15.9 Å². The number of piperidine rings is 1. The minimum Gasteiger partial charge on any atom is -0.384 e. The van der Waals surface area contributed by atoms with Crippen LogP contribution in [0.5, 0.6) is 0 Å². The minimum absolute atomic E-state index is 0.187. The molecule has 0 radical (unpaired) electrons. The number of hydrogen-bond donors (Lipinski definition) is 1. The molecule has 1 N–H and O–H groups in total. The summed E-state index contributed by atoms with van der Waals surface area (Å²) < 4.78 is 12.4. The number of para-hydroxylation sites is 1. The summed E-state index contributed by atoms with van der Waals surface area (Å²) in [5, 5.41) is 3.29. The predicted octanol–water partition coefficient (Wildman–Crippen LogP) is 2.62. The van der Waals surface area contributed by atoms with Crippen LogP contribution in [0.25, 0.3) is 0 Å². The maximum atomic E-state index is 12.3. The number of carbonyl (C=O) groups is 1. The fourth-order valence-corrected chi connectivity index (χ4v) is 3.37. The molecule has 6 heteroatoms. The molecule has 2 aliphatic heterocycles. The molecule has 120 valence electrons. The molecule has 0 aromatic heterocycles. The van der Waals surface area contributed by atoms with Crippen LogP contribution in [0, 0.1) is 0 Å². The smallest absolute Gasteiger partial charge is 0.224 e. The van der Waals surface area contributed by atoms with Crippen LogP contribution in [0.4, 0.5) is 5.69 Å². The van der Waals surface area contributed by atoms with Gasteiger partial charge in [-0.1, -0.05) is 12.1 Å². The first kappa shape index (κ1) is 15.8. The number of amides is 1. The van der Waals surface area contributed by atoms with E-state index in [2.05, 4.69) is 21.2 Å². The van der Waals surface area contributed by atoms with Gasteiger partial charge in [-0.05, 0) is 28.1 Å². The van der Waals surface area contributed by atoms with E-state index >= 15 is 0 Å². The Hall–Kier alpha value is -1.11. The Bertz CT molecular complexity index is 522. The van der Waals surface area contributed by atoms with Crippen LogP contribution < -0.4 is 5.32 Å². The van der Waals surface area contributed by atoms with E-state index in [1.807, 2.05) is 29.2 Å². The van der Waals surface area contributed by atoms with Crippen LogP contribution in [0.3, 0.4) is 0 Å².